The predicted molar refractivity (Wildman–Crippen MR) is 80.3 cm³/mol. The van der Waals surface area contributed by atoms with Gasteiger partial charge in [-0.05, 0) is 42.2 Å². The zero-order valence-corrected chi connectivity index (χ0v) is 13.1. The van der Waals surface area contributed by atoms with Crippen molar-refractivity contribution in [3.8, 4) is 0 Å². The molecule has 6 heteroatoms. The third kappa shape index (κ3) is 3.00. The SMILES string of the molecule is Cc1nc([C@H]2CCCN(C(=O)[C@@H](C)c3ccsc3)C2)no1. The van der Waals surface area contributed by atoms with Crippen molar-refractivity contribution in [2.24, 2.45) is 0 Å². The number of nitrogens with zero attached hydrogens (tertiary/aromatic N) is 3. The molecule has 0 bridgehead atoms. The van der Waals surface area contributed by atoms with E-state index in [1.807, 2.05) is 28.7 Å². The van der Waals surface area contributed by atoms with E-state index in [4.69, 9.17) is 4.52 Å². The second kappa shape index (κ2) is 5.97. The lowest BCUT2D eigenvalue weighted by atomic mass is 9.95. The summed E-state index contributed by atoms with van der Waals surface area (Å²) in [6.07, 6.45) is 2.00. The number of aryl methyl sites for hydroxylation is 1. The van der Waals surface area contributed by atoms with Gasteiger partial charge in [-0.15, -0.1) is 0 Å². The van der Waals surface area contributed by atoms with E-state index in [1.54, 1.807) is 18.3 Å². The fraction of sp³-hybridized carbons (Fsp3) is 0.533. The maximum Gasteiger partial charge on any atom is 0.229 e. The molecule has 1 amide bonds. The standard InChI is InChI=1S/C15H19N3O2S/c1-10(13-5-7-21-9-13)15(19)18-6-3-4-12(8-18)14-16-11(2)20-17-14/h5,7,9-10,12H,3-4,6,8H2,1-2H3/t10-,12-/m0/s1. The minimum Gasteiger partial charge on any atom is -0.341 e. The van der Waals surface area contributed by atoms with Gasteiger partial charge in [0.1, 0.15) is 0 Å². The molecule has 2 aromatic rings. The first-order valence-corrected chi connectivity index (χ1v) is 8.20. The highest BCUT2D eigenvalue weighted by molar-refractivity contribution is 7.08. The van der Waals surface area contributed by atoms with Crippen LogP contribution in [0.3, 0.4) is 0 Å². The van der Waals surface area contributed by atoms with Crippen LogP contribution in [-0.2, 0) is 4.79 Å². The molecule has 2 aromatic heterocycles. The molecule has 0 N–H and O–H groups in total. The van der Waals surface area contributed by atoms with E-state index in [1.165, 1.54) is 0 Å². The number of carbonyl (C=O) groups excluding carboxylic acids is 1. The van der Waals surface area contributed by atoms with Crippen molar-refractivity contribution in [3.05, 3.63) is 34.1 Å². The highest BCUT2D eigenvalue weighted by atomic mass is 32.1. The summed E-state index contributed by atoms with van der Waals surface area (Å²) in [7, 11) is 0. The van der Waals surface area contributed by atoms with E-state index in [0.717, 1.165) is 30.8 Å². The van der Waals surface area contributed by atoms with Crippen molar-refractivity contribution in [1.82, 2.24) is 15.0 Å². The van der Waals surface area contributed by atoms with Crippen LogP contribution in [0.25, 0.3) is 0 Å². The Kier molecular flexibility index (Phi) is 4.05. The van der Waals surface area contributed by atoms with Gasteiger partial charge >= 0.3 is 0 Å². The number of amides is 1. The molecular formula is C15H19N3O2S. The summed E-state index contributed by atoms with van der Waals surface area (Å²) in [4.78, 5) is 18.9. The van der Waals surface area contributed by atoms with Crippen molar-refractivity contribution in [2.45, 2.75) is 38.5 Å². The molecule has 0 radical (unpaired) electrons. The van der Waals surface area contributed by atoms with Crippen molar-refractivity contribution in [3.63, 3.8) is 0 Å². The number of thiophene rings is 1. The van der Waals surface area contributed by atoms with E-state index in [2.05, 4.69) is 10.1 Å². The van der Waals surface area contributed by atoms with E-state index < -0.39 is 0 Å². The van der Waals surface area contributed by atoms with Gasteiger partial charge in [-0.3, -0.25) is 4.79 Å². The van der Waals surface area contributed by atoms with Crippen LogP contribution in [-0.4, -0.2) is 34.0 Å². The monoisotopic (exact) mass is 305 g/mol. The Morgan fingerprint density at radius 1 is 1.57 bits per heavy atom. The minimum absolute atomic E-state index is 0.0815. The lowest BCUT2D eigenvalue weighted by Gasteiger charge is -2.33. The van der Waals surface area contributed by atoms with Crippen molar-refractivity contribution < 1.29 is 9.32 Å². The highest BCUT2D eigenvalue weighted by Gasteiger charge is 2.30. The first-order valence-electron chi connectivity index (χ1n) is 7.26. The fourth-order valence-electron chi connectivity index (χ4n) is 2.81. The first-order chi connectivity index (χ1) is 10.1. The van der Waals surface area contributed by atoms with Gasteiger partial charge in [0.15, 0.2) is 5.82 Å². The normalized spacial score (nSPS) is 20.5. The van der Waals surface area contributed by atoms with Crippen LogP contribution in [0.15, 0.2) is 21.3 Å². The molecule has 0 unspecified atom stereocenters. The lowest BCUT2D eigenvalue weighted by molar-refractivity contribution is -0.133. The Morgan fingerprint density at radius 3 is 3.10 bits per heavy atom. The Hall–Kier alpha value is -1.69. The summed E-state index contributed by atoms with van der Waals surface area (Å²) >= 11 is 1.63. The summed E-state index contributed by atoms with van der Waals surface area (Å²) in [5, 5.41) is 8.07. The molecule has 21 heavy (non-hydrogen) atoms. The van der Waals surface area contributed by atoms with Gasteiger partial charge in [-0.25, -0.2) is 0 Å². The summed E-state index contributed by atoms with van der Waals surface area (Å²) in [5.41, 5.74) is 1.10. The van der Waals surface area contributed by atoms with Crippen molar-refractivity contribution in [1.29, 1.82) is 0 Å². The van der Waals surface area contributed by atoms with Gasteiger partial charge in [0.25, 0.3) is 0 Å². The molecule has 1 fully saturated rings. The van der Waals surface area contributed by atoms with Crippen LogP contribution in [0.2, 0.25) is 0 Å². The quantitative estimate of drug-likeness (QED) is 0.875. The van der Waals surface area contributed by atoms with Gasteiger partial charge < -0.3 is 9.42 Å². The molecule has 112 valence electrons. The van der Waals surface area contributed by atoms with Gasteiger partial charge in [-0.2, -0.15) is 16.3 Å². The number of piperidine rings is 1. The molecule has 0 aromatic carbocycles. The van der Waals surface area contributed by atoms with Crippen LogP contribution >= 0.6 is 11.3 Å². The molecule has 3 heterocycles. The smallest absolute Gasteiger partial charge is 0.229 e. The Bertz CT molecular complexity index is 608. The van der Waals surface area contributed by atoms with Crippen molar-refractivity contribution in [2.75, 3.05) is 13.1 Å². The third-order valence-corrected chi connectivity index (χ3v) is 4.76. The second-order valence-corrected chi connectivity index (χ2v) is 6.35. The zero-order valence-electron chi connectivity index (χ0n) is 12.3. The molecular weight excluding hydrogens is 286 g/mol. The molecule has 1 aliphatic heterocycles. The van der Waals surface area contributed by atoms with Crippen LogP contribution in [0.4, 0.5) is 0 Å². The zero-order chi connectivity index (χ0) is 14.8. The molecule has 0 spiro atoms. The maximum atomic E-state index is 12.6. The van der Waals surface area contributed by atoms with Gasteiger partial charge in [0.2, 0.25) is 11.8 Å². The number of hydrogen-bond donors (Lipinski definition) is 0. The van der Waals surface area contributed by atoms with Crippen LogP contribution in [0, 0.1) is 6.92 Å². The average Bonchev–Trinajstić information content (AvgIpc) is 3.17. The molecule has 2 atom stereocenters. The average molecular weight is 305 g/mol. The molecule has 1 saturated heterocycles. The van der Waals surface area contributed by atoms with Gasteiger partial charge in [-0.1, -0.05) is 5.16 Å². The molecule has 1 aliphatic rings. The molecule has 0 saturated carbocycles. The fourth-order valence-corrected chi connectivity index (χ4v) is 3.56. The summed E-state index contributed by atoms with van der Waals surface area (Å²) in [5.74, 6) is 1.61. The number of aromatic nitrogens is 2. The minimum atomic E-state index is -0.0815. The Morgan fingerprint density at radius 2 is 2.43 bits per heavy atom. The number of rotatable bonds is 3. The molecule has 0 aliphatic carbocycles. The van der Waals surface area contributed by atoms with E-state index in [9.17, 15) is 4.79 Å². The largest absolute Gasteiger partial charge is 0.341 e. The number of carbonyl (C=O) groups is 1. The summed E-state index contributed by atoms with van der Waals surface area (Å²) in [6, 6.07) is 2.03. The first kappa shape index (κ1) is 14.3. The highest BCUT2D eigenvalue weighted by Crippen LogP contribution is 2.28. The number of hydrogen-bond acceptors (Lipinski definition) is 5. The van der Waals surface area contributed by atoms with Gasteiger partial charge in [0, 0.05) is 25.9 Å². The topological polar surface area (TPSA) is 59.2 Å². The van der Waals surface area contributed by atoms with E-state index in [-0.39, 0.29) is 17.7 Å². The summed E-state index contributed by atoms with van der Waals surface area (Å²) in [6.45, 7) is 5.28. The van der Waals surface area contributed by atoms with Crippen LogP contribution < -0.4 is 0 Å². The predicted octanol–water partition coefficient (Wildman–Crippen LogP) is 2.95. The lowest BCUT2D eigenvalue weighted by Crippen LogP contribution is -2.41. The summed E-state index contributed by atoms with van der Waals surface area (Å²) < 4.78 is 5.06. The van der Waals surface area contributed by atoms with Gasteiger partial charge in [0.05, 0.1) is 5.92 Å². The Balaban J connectivity index is 1.69. The Labute approximate surface area is 128 Å². The van der Waals surface area contributed by atoms with Crippen LogP contribution in [0.5, 0.6) is 0 Å². The number of likely N-dealkylation sites (tertiary alicyclic amines) is 1. The third-order valence-electron chi connectivity index (χ3n) is 4.06. The maximum absolute atomic E-state index is 12.6. The molecule has 5 nitrogen and oxygen atoms in total. The van der Waals surface area contributed by atoms with E-state index >= 15 is 0 Å². The van der Waals surface area contributed by atoms with Crippen LogP contribution in [0.1, 0.15) is 48.9 Å². The second-order valence-electron chi connectivity index (χ2n) is 5.57. The van der Waals surface area contributed by atoms with Crippen molar-refractivity contribution >= 4 is 17.2 Å². The van der Waals surface area contributed by atoms with E-state index in [0.29, 0.717) is 12.4 Å². The molecule has 3 rings (SSSR count).